The molecule has 1 N–H and O–H groups in total. The Kier molecular flexibility index (Phi) is 13.1. The number of phenols is 1. The van der Waals surface area contributed by atoms with Gasteiger partial charge in [0.2, 0.25) is 0 Å². The predicted octanol–water partition coefficient (Wildman–Crippen LogP) is 9.19. The highest BCUT2D eigenvalue weighted by Gasteiger charge is 2.04. The average Bonchev–Trinajstić information content (AvgIpc) is 2.76. The molecule has 0 radical (unpaired) electrons. The van der Waals surface area contributed by atoms with Crippen LogP contribution < -0.4 is 4.74 Å². The molecule has 2 aromatic carbocycles. The fraction of sp³-hybridized carbons (Fsp3) is 0.643. The molecule has 0 unspecified atom stereocenters. The highest BCUT2D eigenvalue weighted by atomic mass is 16.5. The summed E-state index contributed by atoms with van der Waals surface area (Å²) in [6.07, 6.45) is 22.0. The number of hydrogen-bond acceptors (Lipinski definition) is 2. The molecule has 2 heteroatoms. The quantitative estimate of drug-likeness (QED) is 0.247. The van der Waals surface area contributed by atoms with Crippen molar-refractivity contribution in [3.63, 3.8) is 0 Å². The molecule has 0 saturated carbocycles. The van der Waals surface area contributed by atoms with Gasteiger partial charge < -0.3 is 9.84 Å². The Labute approximate surface area is 185 Å². The van der Waals surface area contributed by atoms with E-state index in [0.717, 1.165) is 17.2 Å². The molecule has 0 aromatic heterocycles. The van der Waals surface area contributed by atoms with Crippen molar-refractivity contribution in [1.29, 1.82) is 0 Å². The van der Waals surface area contributed by atoms with E-state index in [1.165, 1.54) is 96.3 Å². The van der Waals surface area contributed by atoms with Gasteiger partial charge in [-0.3, -0.25) is 0 Å². The molecule has 0 aliphatic heterocycles. The highest BCUT2D eigenvalue weighted by molar-refractivity contribution is 5.85. The van der Waals surface area contributed by atoms with Crippen LogP contribution >= 0.6 is 0 Å². The summed E-state index contributed by atoms with van der Waals surface area (Å²) < 4.78 is 5.81. The molecule has 2 rings (SSSR count). The van der Waals surface area contributed by atoms with Crippen LogP contribution in [0.1, 0.15) is 110 Å². The zero-order valence-corrected chi connectivity index (χ0v) is 19.3. The van der Waals surface area contributed by atoms with E-state index in [1.807, 2.05) is 24.3 Å². The van der Waals surface area contributed by atoms with E-state index < -0.39 is 0 Å². The summed E-state index contributed by atoms with van der Waals surface area (Å²) in [7, 11) is 0. The van der Waals surface area contributed by atoms with E-state index in [2.05, 4.69) is 13.0 Å². The van der Waals surface area contributed by atoms with E-state index in [9.17, 15) is 5.11 Å². The van der Waals surface area contributed by atoms with Gasteiger partial charge in [0, 0.05) is 0 Å². The monoisotopic (exact) mass is 412 g/mol. The molecule has 0 atom stereocenters. The second-order valence-electron chi connectivity index (χ2n) is 8.82. The third kappa shape index (κ3) is 10.4. The molecule has 0 spiro atoms. The standard InChI is InChI=1S/C28H44O2/c1-2-3-4-5-6-7-8-9-10-11-12-13-14-15-16-19-22-30-28-24-26-21-18-17-20-25(26)23-27(28)29/h17-18,20-21,23-24,29H,2-16,19,22H2,1H3. The van der Waals surface area contributed by atoms with Crippen molar-refractivity contribution in [3.8, 4) is 11.5 Å². The number of aromatic hydroxyl groups is 1. The lowest BCUT2D eigenvalue weighted by molar-refractivity contribution is 0.289. The zero-order chi connectivity index (χ0) is 21.3. The lowest BCUT2D eigenvalue weighted by Crippen LogP contribution is -1.97. The van der Waals surface area contributed by atoms with Gasteiger partial charge in [-0.05, 0) is 29.3 Å². The summed E-state index contributed by atoms with van der Waals surface area (Å²) in [5, 5.41) is 12.3. The van der Waals surface area contributed by atoms with Crippen molar-refractivity contribution in [2.75, 3.05) is 6.61 Å². The number of fused-ring (bicyclic) bond motifs is 1. The second-order valence-corrected chi connectivity index (χ2v) is 8.82. The Morgan fingerprint density at radius 2 is 1.03 bits per heavy atom. The van der Waals surface area contributed by atoms with Crippen molar-refractivity contribution in [2.45, 2.75) is 110 Å². The Morgan fingerprint density at radius 3 is 1.53 bits per heavy atom. The summed E-state index contributed by atoms with van der Waals surface area (Å²) >= 11 is 0. The topological polar surface area (TPSA) is 29.5 Å². The van der Waals surface area contributed by atoms with Crippen LogP contribution in [0.25, 0.3) is 10.8 Å². The van der Waals surface area contributed by atoms with Crippen molar-refractivity contribution in [2.24, 2.45) is 0 Å². The smallest absolute Gasteiger partial charge is 0.161 e. The third-order valence-corrected chi connectivity index (χ3v) is 6.08. The van der Waals surface area contributed by atoms with Crippen molar-refractivity contribution < 1.29 is 9.84 Å². The summed E-state index contributed by atoms with van der Waals surface area (Å²) in [6.45, 7) is 2.97. The summed E-state index contributed by atoms with van der Waals surface area (Å²) in [4.78, 5) is 0. The van der Waals surface area contributed by atoms with Crippen molar-refractivity contribution in [1.82, 2.24) is 0 Å². The molecular weight excluding hydrogens is 368 g/mol. The summed E-state index contributed by atoms with van der Waals surface area (Å²) in [5.74, 6) is 0.847. The van der Waals surface area contributed by atoms with Crippen LogP contribution in [0.4, 0.5) is 0 Å². The van der Waals surface area contributed by atoms with Crippen LogP contribution in [0.2, 0.25) is 0 Å². The van der Waals surface area contributed by atoms with Crippen molar-refractivity contribution in [3.05, 3.63) is 36.4 Å². The molecule has 0 fully saturated rings. The Hall–Kier alpha value is -1.70. The van der Waals surface area contributed by atoms with Gasteiger partial charge in [0.1, 0.15) is 0 Å². The van der Waals surface area contributed by atoms with Crippen LogP contribution in [0.15, 0.2) is 36.4 Å². The van der Waals surface area contributed by atoms with Crippen molar-refractivity contribution >= 4 is 10.8 Å². The number of ether oxygens (including phenoxy) is 1. The maximum atomic E-state index is 10.1. The molecule has 0 saturated heterocycles. The number of rotatable bonds is 18. The van der Waals surface area contributed by atoms with Gasteiger partial charge in [0.25, 0.3) is 0 Å². The maximum Gasteiger partial charge on any atom is 0.161 e. The molecule has 0 heterocycles. The molecule has 168 valence electrons. The normalized spacial score (nSPS) is 11.2. The molecule has 0 aliphatic rings. The molecule has 2 nitrogen and oxygen atoms in total. The summed E-state index contributed by atoms with van der Waals surface area (Å²) in [6, 6.07) is 11.8. The number of phenolic OH excluding ortho intramolecular Hbond substituents is 1. The van der Waals surface area contributed by atoms with E-state index in [0.29, 0.717) is 12.4 Å². The van der Waals surface area contributed by atoms with Gasteiger partial charge in [-0.15, -0.1) is 0 Å². The Balaban J connectivity index is 1.37. The predicted molar refractivity (Wildman–Crippen MR) is 131 cm³/mol. The minimum Gasteiger partial charge on any atom is -0.504 e. The first-order valence-corrected chi connectivity index (χ1v) is 12.7. The van der Waals surface area contributed by atoms with Gasteiger partial charge in [-0.2, -0.15) is 0 Å². The van der Waals surface area contributed by atoms with Gasteiger partial charge in [-0.1, -0.05) is 128 Å². The Morgan fingerprint density at radius 1 is 0.600 bits per heavy atom. The number of unbranched alkanes of at least 4 members (excludes halogenated alkanes) is 15. The second kappa shape index (κ2) is 16.1. The SMILES string of the molecule is CCCCCCCCCCCCCCCCCCOc1cc2ccccc2cc1O. The molecule has 0 bridgehead atoms. The fourth-order valence-electron chi connectivity index (χ4n) is 4.16. The van der Waals surface area contributed by atoms with Gasteiger partial charge >= 0.3 is 0 Å². The van der Waals surface area contributed by atoms with Gasteiger partial charge in [-0.25, -0.2) is 0 Å². The molecular formula is C28H44O2. The summed E-state index contributed by atoms with van der Waals surface area (Å²) in [5.41, 5.74) is 0. The van der Waals surface area contributed by atoms with Gasteiger partial charge in [0.15, 0.2) is 11.5 Å². The average molecular weight is 413 g/mol. The molecule has 30 heavy (non-hydrogen) atoms. The first kappa shape index (κ1) is 24.6. The minimum absolute atomic E-state index is 0.241. The minimum atomic E-state index is 0.241. The van der Waals surface area contributed by atoms with E-state index >= 15 is 0 Å². The van der Waals surface area contributed by atoms with E-state index in [4.69, 9.17) is 4.74 Å². The van der Waals surface area contributed by atoms with Crippen LogP contribution in [0, 0.1) is 0 Å². The lowest BCUT2D eigenvalue weighted by atomic mass is 10.0. The maximum absolute atomic E-state index is 10.1. The van der Waals surface area contributed by atoms with E-state index in [-0.39, 0.29) is 5.75 Å². The number of hydrogen-bond donors (Lipinski definition) is 1. The first-order valence-electron chi connectivity index (χ1n) is 12.7. The first-order chi connectivity index (χ1) is 14.8. The highest BCUT2D eigenvalue weighted by Crippen LogP contribution is 2.31. The van der Waals surface area contributed by atoms with Crippen LogP contribution in [-0.4, -0.2) is 11.7 Å². The Bertz CT molecular complexity index is 679. The fourth-order valence-corrected chi connectivity index (χ4v) is 4.16. The van der Waals surface area contributed by atoms with Gasteiger partial charge in [0.05, 0.1) is 6.61 Å². The largest absolute Gasteiger partial charge is 0.504 e. The number of benzene rings is 2. The lowest BCUT2D eigenvalue weighted by Gasteiger charge is -2.09. The van der Waals surface area contributed by atoms with E-state index in [1.54, 1.807) is 6.07 Å². The third-order valence-electron chi connectivity index (χ3n) is 6.08. The molecule has 0 aliphatic carbocycles. The van der Waals surface area contributed by atoms with Crippen LogP contribution in [-0.2, 0) is 0 Å². The molecule has 0 amide bonds. The van der Waals surface area contributed by atoms with Crippen LogP contribution in [0.5, 0.6) is 11.5 Å². The zero-order valence-electron chi connectivity index (χ0n) is 19.3. The van der Waals surface area contributed by atoms with Crippen LogP contribution in [0.3, 0.4) is 0 Å². The molecule has 2 aromatic rings.